The smallest absolute Gasteiger partial charge is 0.224 e. The number of imidazole rings is 1. The van der Waals surface area contributed by atoms with E-state index >= 15 is 0 Å². The van der Waals surface area contributed by atoms with Gasteiger partial charge in [-0.2, -0.15) is 0 Å². The molecule has 1 fully saturated rings. The number of para-hydroxylation sites is 1. The Morgan fingerprint density at radius 1 is 1.42 bits per heavy atom. The van der Waals surface area contributed by atoms with Crippen molar-refractivity contribution in [2.45, 2.75) is 39.8 Å². The number of nitrogens with zero attached hydrogens (tertiary/aromatic N) is 3. The normalized spacial score (nSPS) is 18.9. The molecule has 0 bridgehead atoms. The molecule has 0 radical (unpaired) electrons. The van der Waals surface area contributed by atoms with Crippen molar-refractivity contribution in [3.8, 4) is 0 Å². The fraction of sp³-hybridized carbons (Fsp3) is 0.556. The van der Waals surface area contributed by atoms with Gasteiger partial charge in [0.05, 0.1) is 18.0 Å². The second-order valence-electron chi connectivity index (χ2n) is 6.35. The van der Waals surface area contributed by atoms with Crippen LogP contribution in [0.15, 0.2) is 18.2 Å². The summed E-state index contributed by atoms with van der Waals surface area (Å²) < 4.78 is 16.1. The third-order valence-electron chi connectivity index (χ3n) is 4.72. The van der Waals surface area contributed by atoms with E-state index in [1.54, 1.807) is 6.07 Å². The minimum Gasteiger partial charge on any atom is -0.356 e. The second-order valence-corrected chi connectivity index (χ2v) is 6.35. The maximum absolute atomic E-state index is 14.0. The molecule has 3 rings (SSSR count). The van der Waals surface area contributed by atoms with Crippen LogP contribution >= 0.6 is 0 Å². The molecular weight excluding hydrogens is 307 g/mol. The number of halogens is 1. The number of carbonyl (C=O) groups is 1. The van der Waals surface area contributed by atoms with E-state index in [2.05, 4.69) is 19.8 Å². The molecule has 2 heterocycles. The number of amides is 1. The second kappa shape index (κ2) is 7.30. The minimum absolute atomic E-state index is 0.0369. The largest absolute Gasteiger partial charge is 0.356 e. The molecule has 1 aliphatic heterocycles. The summed E-state index contributed by atoms with van der Waals surface area (Å²) in [7, 11) is 0. The van der Waals surface area contributed by atoms with Crippen LogP contribution in [-0.2, 0) is 17.9 Å². The highest BCUT2D eigenvalue weighted by Crippen LogP contribution is 2.23. The Labute approximate surface area is 141 Å². The number of piperidine rings is 1. The van der Waals surface area contributed by atoms with E-state index in [4.69, 9.17) is 0 Å². The lowest BCUT2D eigenvalue weighted by Gasteiger charge is -2.31. The van der Waals surface area contributed by atoms with Crippen molar-refractivity contribution in [3.63, 3.8) is 0 Å². The number of benzene rings is 1. The van der Waals surface area contributed by atoms with E-state index in [1.807, 2.05) is 19.9 Å². The van der Waals surface area contributed by atoms with Crippen molar-refractivity contribution in [2.75, 3.05) is 19.6 Å². The fourth-order valence-corrected chi connectivity index (χ4v) is 3.57. The van der Waals surface area contributed by atoms with Crippen LogP contribution in [0, 0.1) is 11.7 Å². The molecule has 6 heteroatoms. The van der Waals surface area contributed by atoms with Crippen molar-refractivity contribution in [1.82, 2.24) is 19.8 Å². The van der Waals surface area contributed by atoms with E-state index < -0.39 is 0 Å². The van der Waals surface area contributed by atoms with Gasteiger partial charge in [0.2, 0.25) is 5.91 Å². The van der Waals surface area contributed by atoms with Crippen molar-refractivity contribution in [2.24, 2.45) is 5.92 Å². The summed E-state index contributed by atoms with van der Waals surface area (Å²) in [6.07, 6.45) is 1.93. The molecule has 2 aromatic rings. The number of hydrogen-bond donors (Lipinski definition) is 1. The number of nitrogens with one attached hydrogen (secondary N) is 1. The Morgan fingerprint density at radius 2 is 2.25 bits per heavy atom. The van der Waals surface area contributed by atoms with Gasteiger partial charge in [-0.25, -0.2) is 9.37 Å². The van der Waals surface area contributed by atoms with Gasteiger partial charge < -0.3 is 9.88 Å². The molecule has 1 saturated heterocycles. The van der Waals surface area contributed by atoms with E-state index in [0.717, 1.165) is 43.8 Å². The quantitative estimate of drug-likeness (QED) is 0.915. The van der Waals surface area contributed by atoms with Gasteiger partial charge in [-0.15, -0.1) is 0 Å². The average Bonchev–Trinajstić information content (AvgIpc) is 2.94. The van der Waals surface area contributed by atoms with Crippen molar-refractivity contribution >= 4 is 16.9 Å². The highest BCUT2D eigenvalue weighted by Gasteiger charge is 2.26. The maximum atomic E-state index is 14.0. The third kappa shape index (κ3) is 3.29. The molecule has 0 aliphatic carbocycles. The minimum atomic E-state index is -0.278. The number of rotatable bonds is 5. The molecule has 1 aromatic carbocycles. The Kier molecular flexibility index (Phi) is 5.14. The standard InChI is InChI=1S/C18H25FN4O/c1-3-20-18(24)13-7-6-10-22(11-13)12-16-21-17-14(19)8-5-9-15(17)23(16)4-2/h5,8-9,13H,3-4,6-7,10-12H2,1-2H3,(H,20,24)/t13-/m0/s1. The maximum Gasteiger partial charge on any atom is 0.224 e. The molecular formula is C18H25FN4O. The monoisotopic (exact) mass is 332 g/mol. The number of aryl methyl sites for hydroxylation is 1. The van der Waals surface area contributed by atoms with Gasteiger partial charge >= 0.3 is 0 Å². The van der Waals surface area contributed by atoms with Gasteiger partial charge in [-0.05, 0) is 45.4 Å². The van der Waals surface area contributed by atoms with Crippen LogP contribution in [0.1, 0.15) is 32.5 Å². The summed E-state index contributed by atoms with van der Waals surface area (Å²) in [5.74, 6) is 0.765. The topological polar surface area (TPSA) is 50.2 Å². The predicted molar refractivity (Wildman–Crippen MR) is 92.0 cm³/mol. The van der Waals surface area contributed by atoms with E-state index in [-0.39, 0.29) is 17.6 Å². The number of aromatic nitrogens is 2. The molecule has 1 amide bonds. The summed E-state index contributed by atoms with van der Waals surface area (Å²) >= 11 is 0. The number of hydrogen-bond acceptors (Lipinski definition) is 3. The Hall–Kier alpha value is -1.95. The Morgan fingerprint density at radius 3 is 3.00 bits per heavy atom. The molecule has 1 N–H and O–H groups in total. The SMILES string of the molecule is CCNC(=O)[C@H]1CCCN(Cc2nc3c(F)cccc3n2CC)C1. The summed E-state index contributed by atoms with van der Waals surface area (Å²) in [6.45, 7) is 7.74. The molecule has 0 spiro atoms. The Balaban J connectivity index is 1.79. The first-order valence-corrected chi connectivity index (χ1v) is 8.77. The summed E-state index contributed by atoms with van der Waals surface area (Å²) in [5.41, 5.74) is 1.27. The fourth-order valence-electron chi connectivity index (χ4n) is 3.57. The zero-order valence-corrected chi connectivity index (χ0v) is 14.4. The molecule has 1 aromatic heterocycles. The van der Waals surface area contributed by atoms with Gasteiger partial charge in [0.25, 0.3) is 0 Å². The molecule has 24 heavy (non-hydrogen) atoms. The number of carbonyl (C=O) groups excluding carboxylic acids is 1. The van der Waals surface area contributed by atoms with Crippen LogP contribution in [0.25, 0.3) is 11.0 Å². The first kappa shape index (κ1) is 16.9. The van der Waals surface area contributed by atoms with Crippen LogP contribution in [0.3, 0.4) is 0 Å². The van der Waals surface area contributed by atoms with Crippen LogP contribution in [0.4, 0.5) is 4.39 Å². The lowest BCUT2D eigenvalue weighted by Crippen LogP contribution is -2.42. The van der Waals surface area contributed by atoms with Crippen molar-refractivity contribution < 1.29 is 9.18 Å². The predicted octanol–water partition coefficient (Wildman–Crippen LogP) is 2.54. The highest BCUT2D eigenvalue weighted by molar-refractivity contribution is 5.79. The number of likely N-dealkylation sites (tertiary alicyclic amines) is 1. The van der Waals surface area contributed by atoms with E-state index in [9.17, 15) is 9.18 Å². The summed E-state index contributed by atoms with van der Waals surface area (Å²) in [4.78, 5) is 18.9. The van der Waals surface area contributed by atoms with Crippen LogP contribution < -0.4 is 5.32 Å². The van der Waals surface area contributed by atoms with Gasteiger partial charge in [-0.3, -0.25) is 9.69 Å². The van der Waals surface area contributed by atoms with Gasteiger partial charge in [-0.1, -0.05) is 6.07 Å². The zero-order chi connectivity index (χ0) is 17.1. The van der Waals surface area contributed by atoms with Crippen LogP contribution in [0.2, 0.25) is 0 Å². The lowest BCUT2D eigenvalue weighted by molar-refractivity contribution is -0.126. The Bertz CT molecular complexity index is 727. The third-order valence-corrected chi connectivity index (χ3v) is 4.72. The molecule has 0 unspecified atom stereocenters. The van der Waals surface area contributed by atoms with Gasteiger partial charge in [0, 0.05) is 19.6 Å². The van der Waals surface area contributed by atoms with Crippen LogP contribution in [-0.4, -0.2) is 40.0 Å². The average molecular weight is 332 g/mol. The first-order chi connectivity index (χ1) is 11.6. The molecule has 1 atom stereocenters. The molecule has 1 aliphatic rings. The lowest BCUT2D eigenvalue weighted by atomic mass is 9.97. The first-order valence-electron chi connectivity index (χ1n) is 8.77. The zero-order valence-electron chi connectivity index (χ0n) is 14.4. The highest BCUT2D eigenvalue weighted by atomic mass is 19.1. The molecule has 130 valence electrons. The van der Waals surface area contributed by atoms with E-state index in [0.29, 0.717) is 18.6 Å². The van der Waals surface area contributed by atoms with Crippen molar-refractivity contribution in [3.05, 3.63) is 29.8 Å². The number of fused-ring (bicyclic) bond motifs is 1. The molecule has 0 saturated carbocycles. The van der Waals surface area contributed by atoms with E-state index in [1.165, 1.54) is 6.07 Å². The van der Waals surface area contributed by atoms with Crippen molar-refractivity contribution in [1.29, 1.82) is 0 Å². The van der Waals surface area contributed by atoms with Gasteiger partial charge in [0.15, 0.2) is 5.82 Å². The summed E-state index contributed by atoms with van der Waals surface area (Å²) in [5, 5.41) is 2.92. The molecule has 5 nitrogen and oxygen atoms in total. The van der Waals surface area contributed by atoms with Crippen LogP contribution in [0.5, 0.6) is 0 Å². The summed E-state index contributed by atoms with van der Waals surface area (Å²) in [6, 6.07) is 5.08. The van der Waals surface area contributed by atoms with Gasteiger partial charge in [0.1, 0.15) is 11.3 Å².